The molecule has 1 aliphatic rings. The van der Waals surface area contributed by atoms with Crippen molar-refractivity contribution in [2.24, 2.45) is 0 Å². The zero-order chi connectivity index (χ0) is 17.6. The minimum atomic E-state index is -1.15. The van der Waals surface area contributed by atoms with E-state index in [1.807, 2.05) is 0 Å². The SMILES string of the molecule is O=Cc1cnn2ccc(N3C[C@@H](F)C[C@@H]3c3cccc(F)c3)c(F)c12.[NaH]. The number of nitrogens with zero attached hydrogens (tertiary/aromatic N) is 3. The van der Waals surface area contributed by atoms with Crippen molar-refractivity contribution in [3.8, 4) is 0 Å². The molecule has 0 aliphatic carbocycles. The van der Waals surface area contributed by atoms with Gasteiger partial charge in [0.2, 0.25) is 0 Å². The molecule has 0 amide bonds. The molecular weight excluding hydrogens is 354 g/mol. The number of aldehydes is 1. The van der Waals surface area contributed by atoms with Gasteiger partial charge in [-0.15, -0.1) is 0 Å². The van der Waals surface area contributed by atoms with Gasteiger partial charge in [0.15, 0.2) is 12.1 Å². The van der Waals surface area contributed by atoms with Crippen molar-refractivity contribution >= 4 is 47.0 Å². The molecule has 2 aromatic heterocycles. The van der Waals surface area contributed by atoms with Gasteiger partial charge in [0.1, 0.15) is 17.5 Å². The molecule has 3 aromatic rings. The molecule has 26 heavy (non-hydrogen) atoms. The Bertz CT molecular complexity index is 962. The van der Waals surface area contributed by atoms with Gasteiger partial charge in [-0.25, -0.2) is 17.7 Å². The third-order valence-electron chi connectivity index (χ3n) is 4.55. The van der Waals surface area contributed by atoms with E-state index in [9.17, 15) is 13.6 Å². The standard InChI is InChI=1S/C18H14F3N3O.Na.H/c19-13-3-1-2-11(6-13)16-7-14(20)9-23(16)15-4-5-24-18(17(15)21)12(10-25)8-22-24;;/h1-6,8,10,14,16H,7,9H2;;/t14-,16+;;/m0../s1. The monoisotopic (exact) mass is 369 g/mol. The zero-order valence-electron chi connectivity index (χ0n) is 13.1. The van der Waals surface area contributed by atoms with Gasteiger partial charge < -0.3 is 4.90 Å². The predicted molar refractivity (Wildman–Crippen MR) is 93.7 cm³/mol. The molecule has 0 N–H and O–H groups in total. The van der Waals surface area contributed by atoms with Crippen LogP contribution in [0.1, 0.15) is 28.4 Å². The fourth-order valence-electron chi connectivity index (χ4n) is 3.44. The molecule has 4 nitrogen and oxygen atoms in total. The summed E-state index contributed by atoms with van der Waals surface area (Å²) in [6.07, 6.45) is 2.32. The van der Waals surface area contributed by atoms with Crippen LogP contribution in [0.5, 0.6) is 0 Å². The van der Waals surface area contributed by atoms with Crippen molar-refractivity contribution < 1.29 is 18.0 Å². The van der Waals surface area contributed by atoms with Gasteiger partial charge in [-0.1, -0.05) is 12.1 Å². The summed E-state index contributed by atoms with van der Waals surface area (Å²) in [5.41, 5.74) is 0.930. The van der Waals surface area contributed by atoms with Crippen LogP contribution in [-0.4, -0.2) is 58.2 Å². The maximum absolute atomic E-state index is 15.0. The summed E-state index contributed by atoms with van der Waals surface area (Å²) in [6.45, 7) is -0.00116. The van der Waals surface area contributed by atoms with Crippen LogP contribution in [0.25, 0.3) is 5.52 Å². The minimum absolute atomic E-state index is 0. The average molecular weight is 369 g/mol. The number of hydrogen-bond donors (Lipinski definition) is 0. The third kappa shape index (κ3) is 3.15. The van der Waals surface area contributed by atoms with Crippen LogP contribution in [0.2, 0.25) is 0 Å². The number of alkyl halides is 1. The summed E-state index contributed by atoms with van der Waals surface area (Å²) in [5, 5.41) is 3.93. The molecule has 130 valence electrons. The first-order valence-electron chi connectivity index (χ1n) is 7.85. The average Bonchev–Trinajstić information content (AvgIpc) is 3.19. The summed E-state index contributed by atoms with van der Waals surface area (Å²) in [4.78, 5) is 12.7. The van der Waals surface area contributed by atoms with E-state index in [0.717, 1.165) is 0 Å². The van der Waals surface area contributed by atoms with Crippen molar-refractivity contribution in [1.82, 2.24) is 9.61 Å². The molecule has 0 unspecified atom stereocenters. The Morgan fingerprint density at radius 1 is 1.23 bits per heavy atom. The van der Waals surface area contributed by atoms with Crippen LogP contribution in [-0.2, 0) is 0 Å². The van der Waals surface area contributed by atoms with Crippen LogP contribution in [0.4, 0.5) is 18.9 Å². The Balaban J connectivity index is 0.00000196. The summed E-state index contributed by atoms with van der Waals surface area (Å²) in [5.74, 6) is -1.06. The predicted octanol–water partition coefficient (Wildman–Crippen LogP) is 3.07. The van der Waals surface area contributed by atoms with Crippen LogP contribution in [0.3, 0.4) is 0 Å². The van der Waals surface area contributed by atoms with Crippen molar-refractivity contribution in [1.29, 1.82) is 0 Å². The Kier molecular flexibility index (Phi) is 5.41. The number of fused-ring (bicyclic) bond motifs is 1. The first kappa shape index (κ1) is 18.9. The summed E-state index contributed by atoms with van der Waals surface area (Å²) in [6, 6.07) is 6.91. The van der Waals surface area contributed by atoms with Crippen molar-refractivity contribution in [2.45, 2.75) is 18.6 Å². The first-order valence-corrected chi connectivity index (χ1v) is 7.85. The second-order valence-electron chi connectivity index (χ2n) is 6.08. The van der Waals surface area contributed by atoms with Crippen LogP contribution in [0, 0.1) is 11.6 Å². The molecular formula is C18H15F3N3NaO. The second kappa shape index (κ2) is 7.42. The van der Waals surface area contributed by atoms with E-state index < -0.39 is 23.8 Å². The van der Waals surface area contributed by atoms with E-state index in [4.69, 9.17) is 0 Å². The van der Waals surface area contributed by atoms with Crippen LogP contribution in [0.15, 0.2) is 42.7 Å². The summed E-state index contributed by atoms with van der Waals surface area (Å²) >= 11 is 0. The van der Waals surface area contributed by atoms with E-state index in [2.05, 4.69) is 5.10 Å². The molecule has 0 spiro atoms. The number of carbonyl (C=O) groups excluding carboxylic acids is 1. The molecule has 0 radical (unpaired) electrons. The molecule has 0 saturated carbocycles. The van der Waals surface area contributed by atoms with E-state index in [-0.39, 0.29) is 59.3 Å². The summed E-state index contributed by atoms with van der Waals surface area (Å²) in [7, 11) is 0. The maximum atomic E-state index is 15.0. The number of hydrogen-bond acceptors (Lipinski definition) is 3. The molecule has 1 aliphatic heterocycles. The molecule has 2 atom stereocenters. The zero-order valence-corrected chi connectivity index (χ0v) is 13.1. The topological polar surface area (TPSA) is 37.6 Å². The molecule has 1 fully saturated rings. The van der Waals surface area contributed by atoms with Gasteiger partial charge in [0.05, 0.1) is 23.5 Å². The molecule has 0 bridgehead atoms. The van der Waals surface area contributed by atoms with E-state index in [1.54, 1.807) is 17.0 Å². The van der Waals surface area contributed by atoms with Gasteiger partial charge >= 0.3 is 29.6 Å². The van der Waals surface area contributed by atoms with Gasteiger partial charge in [0, 0.05) is 19.2 Å². The third-order valence-corrected chi connectivity index (χ3v) is 4.55. The Morgan fingerprint density at radius 2 is 2.04 bits per heavy atom. The van der Waals surface area contributed by atoms with Crippen molar-refractivity contribution in [2.75, 3.05) is 11.4 Å². The Morgan fingerprint density at radius 3 is 2.77 bits per heavy atom. The van der Waals surface area contributed by atoms with Crippen molar-refractivity contribution in [3.63, 3.8) is 0 Å². The molecule has 8 heteroatoms. The van der Waals surface area contributed by atoms with Crippen molar-refractivity contribution in [3.05, 3.63) is 65.5 Å². The fourth-order valence-corrected chi connectivity index (χ4v) is 3.44. The van der Waals surface area contributed by atoms with Crippen LogP contribution < -0.4 is 4.90 Å². The number of halogens is 3. The van der Waals surface area contributed by atoms with Gasteiger partial charge in [-0.05, 0) is 23.8 Å². The number of pyridine rings is 1. The van der Waals surface area contributed by atoms with Gasteiger partial charge in [0.25, 0.3) is 0 Å². The number of rotatable bonds is 3. The summed E-state index contributed by atoms with van der Waals surface area (Å²) < 4.78 is 44.0. The first-order chi connectivity index (χ1) is 12.1. The Hall–Kier alpha value is -1.83. The van der Waals surface area contributed by atoms with E-state index >= 15 is 4.39 Å². The molecule has 1 saturated heterocycles. The fraction of sp³-hybridized carbons (Fsp3) is 0.222. The molecule has 1 aromatic carbocycles. The van der Waals surface area contributed by atoms with E-state index in [1.165, 1.54) is 35.1 Å². The molecule has 3 heterocycles. The Labute approximate surface area is 169 Å². The number of aromatic nitrogens is 2. The quantitative estimate of drug-likeness (QED) is 0.526. The normalized spacial score (nSPS) is 19.6. The number of carbonyl (C=O) groups is 1. The van der Waals surface area contributed by atoms with Crippen LogP contribution >= 0.6 is 0 Å². The molecule has 4 rings (SSSR count). The second-order valence-corrected chi connectivity index (χ2v) is 6.08. The number of anilines is 1. The van der Waals surface area contributed by atoms with Gasteiger partial charge in [-0.2, -0.15) is 5.10 Å². The van der Waals surface area contributed by atoms with Gasteiger partial charge in [-0.3, -0.25) is 4.79 Å². The number of benzene rings is 1. The van der Waals surface area contributed by atoms with E-state index in [0.29, 0.717) is 11.8 Å².